The lowest BCUT2D eigenvalue weighted by molar-refractivity contribution is 0.195. The number of ether oxygens (including phenoxy) is 1. The maximum Gasteiger partial charge on any atom is 0.163 e. The van der Waals surface area contributed by atoms with Crippen LogP contribution < -0.4 is 4.74 Å². The molecular weight excluding hydrogens is 266 g/mol. The molecule has 0 spiro atoms. The van der Waals surface area contributed by atoms with Crippen LogP contribution in [0, 0.1) is 0 Å². The van der Waals surface area contributed by atoms with E-state index in [0.717, 1.165) is 6.54 Å². The fourth-order valence-electron chi connectivity index (χ4n) is 1.71. The van der Waals surface area contributed by atoms with Gasteiger partial charge in [-0.2, -0.15) is 5.10 Å². The zero-order chi connectivity index (χ0) is 13.8. The van der Waals surface area contributed by atoms with Crippen LogP contribution in [0.2, 0.25) is 0 Å². The first kappa shape index (κ1) is 13.9. The number of hydrogen-bond acceptors (Lipinski definition) is 7. The summed E-state index contributed by atoms with van der Waals surface area (Å²) in [5.41, 5.74) is 1.12. The van der Waals surface area contributed by atoms with Crippen molar-refractivity contribution in [2.45, 2.75) is 12.6 Å². The highest BCUT2D eigenvalue weighted by atomic mass is 32.1. The average Bonchev–Trinajstić information content (AvgIpc) is 3.04. The first-order valence-electron chi connectivity index (χ1n) is 5.83. The Kier molecular flexibility index (Phi) is 4.46. The molecule has 104 valence electrons. The molecule has 1 atom stereocenters. The van der Waals surface area contributed by atoms with Gasteiger partial charge in [0.05, 0.1) is 19.9 Å². The Labute approximate surface area is 115 Å². The Morgan fingerprint density at radius 2 is 2.32 bits per heavy atom. The van der Waals surface area contributed by atoms with Crippen molar-refractivity contribution in [3.8, 4) is 5.75 Å². The van der Waals surface area contributed by atoms with E-state index in [2.05, 4.69) is 19.6 Å². The zero-order valence-corrected chi connectivity index (χ0v) is 12.0. The van der Waals surface area contributed by atoms with Crippen LogP contribution in [0.3, 0.4) is 0 Å². The van der Waals surface area contributed by atoms with E-state index in [1.54, 1.807) is 23.4 Å². The van der Waals surface area contributed by atoms with Gasteiger partial charge in [0.15, 0.2) is 5.75 Å². The summed E-state index contributed by atoms with van der Waals surface area (Å²) in [6, 6.07) is 0. The quantitative estimate of drug-likeness (QED) is 0.826. The lowest BCUT2D eigenvalue weighted by atomic mass is 10.2. The molecule has 2 rings (SSSR count). The van der Waals surface area contributed by atoms with E-state index in [1.165, 1.54) is 11.5 Å². The fraction of sp³-hybridized carbons (Fsp3) is 0.545. The van der Waals surface area contributed by atoms with E-state index in [1.807, 2.05) is 14.1 Å². The third-order valence-corrected chi connectivity index (χ3v) is 3.26. The molecule has 1 N–H and O–H groups in total. The van der Waals surface area contributed by atoms with E-state index in [0.29, 0.717) is 23.7 Å². The number of likely N-dealkylation sites (N-methyl/N-ethyl adjacent to an activating group) is 1. The number of aromatic nitrogens is 4. The zero-order valence-electron chi connectivity index (χ0n) is 11.1. The van der Waals surface area contributed by atoms with Crippen molar-refractivity contribution in [1.29, 1.82) is 0 Å². The van der Waals surface area contributed by atoms with Crippen LogP contribution in [-0.4, -0.2) is 57.1 Å². The minimum atomic E-state index is -0.877. The smallest absolute Gasteiger partial charge is 0.163 e. The molecule has 7 nitrogen and oxygen atoms in total. The van der Waals surface area contributed by atoms with Crippen LogP contribution in [0.5, 0.6) is 5.75 Å². The summed E-state index contributed by atoms with van der Waals surface area (Å²) in [7, 11) is 5.53. The third-order valence-electron chi connectivity index (χ3n) is 2.74. The second-order valence-corrected chi connectivity index (χ2v) is 4.97. The van der Waals surface area contributed by atoms with Crippen LogP contribution in [-0.2, 0) is 6.54 Å². The first-order valence-corrected chi connectivity index (χ1v) is 6.66. The summed E-state index contributed by atoms with van der Waals surface area (Å²) in [4.78, 5) is 2.05. The Bertz CT molecular complexity index is 511. The van der Waals surface area contributed by atoms with Crippen molar-refractivity contribution in [2.24, 2.45) is 0 Å². The van der Waals surface area contributed by atoms with Crippen LogP contribution in [0.15, 0.2) is 11.6 Å². The lowest BCUT2D eigenvalue weighted by Gasteiger charge is -2.15. The number of aliphatic hydroxyl groups excluding tert-OH is 1. The van der Waals surface area contributed by atoms with E-state index < -0.39 is 6.10 Å². The molecule has 0 aromatic carbocycles. The molecule has 0 aliphatic carbocycles. The van der Waals surface area contributed by atoms with Gasteiger partial charge < -0.3 is 14.7 Å². The van der Waals surface area contributed by atoms with Crippen molar-refractivity contribution < 1.29 is 9.84 Å². The normalized spacial score (nSPS) is 12.9. The molecule has 0 aliphatic rings. The number of methoxy groups -OCH3 is 1. The van der Waals surface area contributed by atoms with Gasteiger partial charge in [-0.3, -0.25) is 4.68 Å². The van der Waals surface area contributed by atoms with Gasteiger partial charge in [-0.15, -0.1) is 5.10 Å². The van der Waals surface area contributed by atoms with Gasteiger partial charge in [0.25, 0.3) is 0 Å². The molecule has 1 unspecified atom stereocenters. The standard InChI is InChI=1S/C11H17N5O2S/c1-15(2)4-5-16-10(9(18-3)6-12-16)11(17)8-7-19-14-13-8/h6-7,11,17H,4-5H2,1-3H3. The Balaban J connectivity index is 2.28. The number of rotatable bonds is 6. The second kappa shape index (κ2) is 6.09. The van der Waals surface area contributed by atoms with Crippen LogP contribution in [0.4, 0.5) is 0 Å². The maximum absolute atomic E-state index is 10.4. The molecule has 2 aromatic heterocycles. The monoisotopic (exact) mass is 283 g/mol. The highest BCUT2D eigenvalue weighted by Crippen LogP contribution is 2.29. The van der Waals surface area contributed by atoms with Crippen molar-refractivity contribution in [2.75, 3.05) is 27.7 Å². The summed E-state index contributed by atoms with van der Waals surface area (Å²) in [5.74, 6) is 0.555. The molecule has 0 saturated heterocycles. The second-order valence-electron chi connectivity index (χ2n) is 4.36. The van der Waals surface area contributed by atoms with Gasteiger partial charge >= 0.3 is 0 Å². The first-order chi connectivity index (χ1) is 9.13. The number of hydrogen-bond donors (Lipinski definition) is 1. The average molecular weight is 283 g/mol. The Morgan fingerprint density at radius 3 is 2.89 bits per heavy atom. The summed E-state index contributed by atoms with van der Waals surface area (Å²) in [6.07, 6.45) is 0.729. The summed E-state index contributed by atoms with van der Waals surface area (Å²) >= 11 is 1.20. The molecular formula is C11H17N5O2S. The highest BCUT2D eigenvalue weighted by Gasteiger charge is 2.23. The van der Waals surface area contributed by atoms with Gasteiger partial charge in [0.1, 0.15) is 17.5 Å². The molecule has 0 fully saturated rings. The largest absolute Gasteiger partial charge is 0.493 e. The molecule has 19 heavy (non-hydrogen) atoms. The van der Waals surface area contributed by atoms with Crippen LogP contribution in [0.25, 0.3) is 0 Å². The van der Waals surface area contributed by atoms with Crippen molar-refractivity contribution in [1.82, 2.24) is 24.3 Å². The number of aliphatic hydroxyl groups is 1. The van der Waals surface area contributed by atoms with Crippen LogP contribution >= 0.6 is 11.5 Å². The maximum atomic E-state index is 10.4. The molecule has 2 heterocycles. The topological polar surface area (TPSA) is 76.3 Å². The Morgan fingerprint density at radius 1 is 1.53 bits per heavy atom. The molecule has 2 aromatic rings. The summed E-state index contributed by atoms with van der Waals surface area (Å²) < 4.78 is 10.8. The lowest BCUT2D eigenvalue weighted by Crippen LogP contribution is -2.21. The molecule has 0 saturated carbocycles. The third kappa shape index (κ3) is 3.09. The predicted molar refractivity (Wildman–Crippen MR) is 71.3 cm³/mol. The summed E-state index contributed by atoms with van der Waals surface area (Å²) in [5, 5.41) is 20.2. The van der Waals surface area contributed by atoms with Gasteiger partial charge in [-0.25, -0.2) is 0 Å². The van der Waals surface area contributed by atoms with Crippen molar-refractivity contribution in [3.05, 3.63) is 23.0 Å². The number of nitrogens with zero attached hydrogens (tertiary/aromatic N) is 5. The highest BCUT2D eigenvalue weighted by molar-refractivity contribution is 7.03. The minimum Gasteiger partial charge on any atom is -0.493 e. The molecule has 0 amide bonds. The van der Waals surface area contributed by atoms with Crippen molar-refractivity contribution >= 4 is 11.5 Å². The van der Waals surface area contributed by atoms with Gasteiger partial charge in [0.2, 0.25) is 0 Å². The molecule has 0 bridgehead atoms. The van der Waals surface area contributed by atoms with Gasteiger partial charge in [0, 0.05) is 11.9 Å². The molecule has 0 radical (unpaired) electrons. The van der Waals surface area contributed by atoms with E-state index in [4.69, 9.17) is 4.74 Å². The molecule has 0 aliphatic heterocycles. The van der Waals surface area contributed by atoms with Crippen LogP contribution in [0.1, 0.15) is 17.5 Å². The Hall–Kier alpha value is -1.51. The van der Waals surface area contributed by atoms with E-state index >= 15 is 0 Å². The van der Waals surface area contributed by atoms with E-state index in [-0.39, 0.29) is 0 Å². The SMILES string of the molecule is COc1cnn(CCN(C)C)c1C(O)c1csnn1. The van der Waals surface area contributed by atoms with Gasteiger partial charge in [-0.1, -0.05) is 4.49 Å². The predicted octanol–water partition coefficient (Wildman–Crippen LogP) is 0.386. The molecule has 8 heteroatoms. The fourth-order valence-corrected chi connectivity index (χ4v) is 2.19. The minimum absolute atomic E-state index is 0.509. The van der Waals surface area contributed by atoms with Crippen molar-refractivity contribution in [3.63, 3.8) is 0 Å². The van der Waals surface area contributed by atoms with Gasteiger partial charge in [-0.05, 0) is 25.6 Å². The van der Waals surface area contributed by atoms with E-state index in [9.17, 15) is 5.11 Å². The summed E-state index contributed by atoms with van der Waals surface area (Å²) in [6.45, 7) is 1.49.